The topological polar surface area (TPSA) is 69.5 Å². The minimum absolute atomic E-state index is 0.417. The molecule has 0 aliphatic rings. The summed E-state index contributed by atoms with van der Waals surface area (Å²) in [6.07, 6.45) is 22.1. The second kappa shape index (κ2) is 23.3. The summed E-state index contributed by atoms with van der Waals surface area (Å²) in [7, 11) is 0. The van der Waals surface area contributed by atoms with E-state index in [0.29, 0.717) is 23.6 Å². The van der Waals surface area contributed by atoms with Gasteiger partial charge < -0.3 is 14.2 Å². The fourth-order valence-corrected chi connectivity index (χ4v) is 6.03. The van der Waals surface area contributed by atoms with Gasteiger partial charge in [0.2, 0.25) is 0 Å². The van der Waals surface area contributed by atoms with Gasteiger partial charge in [-0.05, 0) is 73.5 Å². The third-order valence-electron chi connectivity index (χ3n) is 9.05. The first-order valence-corrected chi connectivity index (χ1v) is 19.3. The number of carbonyl (C=O) groups is 1. The van der Waals surface area contributed by atoms with Crippen molar-refractivity contribution in [2.24, 2.45) is 10.2 Å². The average molecular weight is 679 g/mol. The highest BCUT2D eigenvalue weighted by atomic mass is 16.5. The Bertz CT molecular complexity index is 1550. The number of esters is 1. The number of hydrogen-bond donors (Lipinski definition) is 0. The highest BCUT2D eigenvalue weighted by molar-refractivity contribution is 5.99. The van der Waals surface area contributed by atoms with E-state index in [4.69, 9.17) is 14.2 Å². The first kappa shape index (κ1) is 38.6. The lowest BCUT2D eigenvalue weighted by atomic mass is 10.0. The highest BCUT2D eigenvalue weighted by Gasteiger charge is 2.13. The molecule has 0 bridgehead atoms. The van der Waals surface area contributed by atoms with Crippen molar-refractivity contribution < 1.29 is 19.0 Å². The van der Waals surface area contributed by atoms with Gasteiger partial charge in [0, 0.05) is 10.8 Å². The largest absolute Gasteiger partial charge is 0.494 e. The molecule has 0 spiro atoms. The van der Waals surface area contributed by atoms with Crippen LogP contribution in [0.5, 0.6) is 17.2 Å². The summed E-state index contributed by atoms with van der Waals surface area (Å²) >= 11 is 0. The Hall–Kier alpha value is -4.19. The fourth-order valence-electron chi connectivity index (χ4n) is 6.03. The Morgan fingerprint density at radius 3 is 1.56 bits per heavy atom. The van der Waals surface area contributed by atoms with E-state index in [9.17, 15) is 4.79 Å². The van der Waals surface area contributed by atoms with Crippen LogP contribution in [-0.4, -0.2) is 19.2 Å². The van der Waals surface area contributed by atoms with Crippen LogP contribution < -0.4 is 14.2 Å². The van der Waals surface area contributed by atoms with E-state index in [2.05, 4.69) is 24.1 Å². The van der Waals surface area contributed by atoms with Gasteiger partial charge in [-0.2, -0.15) is 5.11 Å². The number of ether oxygens (including phenoxy) is 3. The first-order chi connectivity index (χ1) is 24.7. The molecular formula is C44H58N2O4. The normalized spacial score (nSPS) is 11.3. The van der Waals surface area contributed by atoms with Gasteiger partial charge in [-0.25, -0.2) is 4.79 Å². The average Bonchev–Trinajstić information content (AvgIpc) is 3.15. The number of rotatable bonds is 25. The van der Waals surface area contributed by atoms with Crippen molar-refractivity contribution in [3.63, 3.8) is 0 Å². The summed E-state index contributed by atoms with van der Waals surface area (Å²) in [5.74, 6) is 1.66. The van der Waals surface area contributed by atoms with Crippen molar-refractivity contribution in [2.75, 3.05) is 13.2 Å². The molecule has 6 nitrogen and oxygen atoms in total. The van der Waals surface area contributed by atoms with Crippen LogP contribution in [0.1, 0.15) is 133 Å². The first-order valence-electron chi connectivity index (χ1n) is 19.3. The van der Waals surface area contributed by atoms with Crippen molar-refractivity contribution in [1.29, 1.82) is 0 Å². The molecular weight excluding hydrogens is 620 g/mol. The van der Waals surface area contributed by atoms with Crippen molar-refractivity contribution >= 4 is 28.1 Å². The molecule has 0 aromatic heterocycles. The number of unbranched alkanes of at least 4 members (excludes halogenated alkanes) is 15. The zero-order valence-electron chi connectivity index (χ0n) is 30.5. The smallest absolute Gasteiger partial charge is 0.343 e. The molecule has 0 N–H and O–H groups in total. The zero-order valence-corrected chi connectivity index (χ0v) is 30.5. The van der Waals surface area contributed by atoms with E-state index in [1.165, 1.54) is 96.3 Å². The highest BCUT2D eigenvalue weighted by Crippen LogP contribution is 2.35. The molecule has 268 valence electrons. The molecule has 0 amide bonds. The predicted octanol–water partition coefficient (Wildman–Crippen LogP) is 13.9. The van der Waals surface area contributed by atoms with Crippen LogP contribution in [0.3, 0.4) is 0 Å². The Kier molecular flexibility index (Phi) is 18.0. The van der Waals surface area contributed by atoms with Crippen molar-refractivity contribution in [3.05, 3.63) is 90.5 Å². The molecule has 0 saturated carbocycles. The lowest BCUT2D eigenvalue weighted by Gasteiger charge is -2.10. The molecule has 0 atom stereocenters. The van der Waals surface area contributed by atoms with Crippen LogP contribution in [-0.2, 0) is 0 Å². The SMILES string of the molecule is CCCCCCCCCCCCCCCCOc1ccc(C(=O)Oc2ccc(N=Nc3ccc(OCCCCC)cc3)c3ccccc23)cc1. The van der Waals surface area contributed by atoms with Crippen molar-refractivity contribution in [2.45, 2.75) is 123 Å². The van der Waals surface area contributed by atoms with E-state index >= 15 is 0 Å². The number of benzene rings is 4. The summed E-state index contributed by atoms with van der Waals surface area (Å²) in [4.78, 5) is 13.1. The number of carbonyl (C=O) groups excluding carboxylic acids is 1. The summed E-state index contributed by atoms with van der Waals surface area (Å²) in [5.41, 5.74) is 1.90. The maximum atomic E-state index is 13.1. The van der Waals surface area contributed by atoms with Gasteiger partial charge in [-0.1, -0.05) is 134 Å². The maximum absolute atomic E-state index is 13.1. The number of hydrogen-bond acceptors (Lipinski definition) is 6. The second-order valence-corrected chi connectivity index (χ2v) is 13.2. The minimum atomic E-state index is -0.417. The Labute approximate surface area is 300 Å². The minimum Gasteiger partial charge on any atom is -0.494 e. The molecule has 0 aliphatic heterocycles. The summed E-state index contributed by atoms with van der Waals surface area (Å²) in [5, 5.41) is 10.6. The van der Waals surface area contributed by atoms with Crippen LogP contribution in [0.25, 0.3) is 10.8 Å². The van der Waals surface area contributed by atoms with E-state index in [1.54, 1.807) is 18.2 Å². The number of azo groups is 1. The van der Waals surface area contributed by atoms with E-state index in [1.807, 2.05) is 66.7 Å². The third-order valence-corrected chi connectivity index (χ3v) is 9.05. The summed E-state index contributed by atoms with van der Waals surface area (Å²) in [6, 6.07) is 26.2. The number of nitrogens with zero attached hydrogens (tertiary/aromatic N) is 2. The van der Waals surface area contributed by atoms with Gasteiger partial charge in [0.15, 0.2) is 0 Å². The lowest BCUT2D eigenvalue weighted by Crippen LogP contribution is -2.08. The molecule has 0 fully saturated rings. The predicted molar refractivity (Wildman–Crippen MR) is 207 cm³/mol. The van der Waals surface area contributed by atoms with Crippen molar-refractivity contribution in [1.82, 2.24) is 0 Å². The van der Waals surface area contributed by atoms with Gasteiger partial charge in [0.05, 0.1) is 30.2 Å². The van der Waals surface area contributed by atoms with Crippen molar-refractivity contribution in [3.8, 4) is 17.2 Å². The fraction of sp³-hybridized carbons (Fsp3) is 0.477. The van der Waals surface area contributed by atoms with Gasteiger partial charge in [-0.15, -0.1) is 5.11 Å². The summed E-state index contributed by atoms with van der Waals surface area (Å²) in [6.45, 7) is 5.87. The molecule has 0 aliphatic carbocycles. The Morgan fingerprint density at radius 1 is 0.500 bits per heavy atom. The van der Waals surface area contributed by atoms with Crippen LogP contribution in [0.2, 0.25) is 0 Å². The van der Waals surface area contributed by atoms with Gasteiger partial charge in [0.25, 0.3) is 0 Å². The quantitative estimate of drug-likeness (QED) is 0.0303. The van der Waals surface area contributed by atoms with Gasteiger partial charge in [-0.3, -0.25) is 0 Å². The molecule has 0 unspecified atom stereocenters. The molecule has 4 rings (SSSR count). The van der Waals surface area contributed by atoms with Crippen LogP contribution >= 0.6 is 0 Å². The Balaban J connectivity index is 1.17. The molecule has 4 aromatic rings. The monoisotopic (exact) mass is 678 g/mol. The van der Waals surface area contributed by atoms with E-state index < -0.39 is 5.97 Å². The van der Waals surface area contributed by atoms with E-state index in [0.717, 1.165) is 47.4 Å². The molecule has 50 heavy (non-hydrogen) atoms. The molecule has 6 heteroatoms. The number of fused-ring (bicyclic) bond motifs is 1. The van der Waals surface area contributed by atoms with Gasteiger partial charge >= 0.3 is 5.97 Å². The molecule has 0 heterocycles. The molecule has 0 radical (unpaired) electrons. The van der Waals surface area contributed by atoms with Crippen LogP contribution in [0, 0.1) is 0 Å². The van der Waals surface area contributed by atoms with Crippen LogP contribution in [0.15, 0.2) is 95.2 Å². The molecule has 4 aromatic carbocycles. The zero-order chi connectivity index (χ0) is 35.1. The van der Waals surface area contributed by atoms with Crippen LogP contribution in [0.4, 0.5) is 11.4 Å². The lowest BCUT2D eigenvalue weighted by molar-refractivity contribution is 0.0737. The standard InChI is InChI=1S/C44H58N2O4/c1-3-5-7-8-9-10-11-12-13-14-15-16-17-21-35-49-38-28-24-36(25-29-38)44(47)50-43-33-32-42(40-22-18-19-23-41(40)43)46-45-37-26-30-39(31-27-37)48-34-20-6-4-2/h18-19,22-33H,3-17,20-21,34-35H2,1-2H3. The maximum Gasteiger partial charge on any atom is 0.343 e. The van der Waals surface area contributed by atoms with Gasteiger partial charge in [0.1, 0.15) is 17.2 Å². The second-order valence-electron chi connectivity index (χ2n) is 13.2. The molecule has 0 saturated heterocycles. The third kappa shape index (κ3) is 14.0. The van der Waals surface area contributed by atoms with E-state index in [-0.39, 0.29) is 0 Å². The Morgan fingerprint density at radius 2 is 0.980 bits per heavy atom. The summed E-state index contributed by atoms with van der Waals surface area (Å²) < 4.78 is 17.6.